The molecule has 4 unspecified atom stereocenters. The smallest absolute Gasteiger partial charge is 0.322 e. The van der Waals surface area contributed by atoms with Crippen molar-refractivity contribution in [1.29, 1.82) is 0 Å². The van der Waals surface area contributed by atoms with Crippen molar-refractivity contribution in [2.24, 2.45) is 17.6 Å². The maximum absolute atomic E-state index is 13.1. The van der Waals surface area contributed by atoms with Gasteiger partial charge in [-0.05, 0) is 31.1 Å². The van der Waals surface area contributed by atoms with Crippen LogP contribution in [0.15, 0.2) is 0 Å². The van der Waals surface area contributed by atoms with Crippen LogP contribution in [0.1, 0.15) is 59.8 Å². The molecule has 15 nitrogen and oxygen atoms in total. The summed E-state index contributed by atoms with van der Waals surface area (Å²) < 4.78 is 0. The summed E-state index contributed by atoms with van der Waals surface area (Å²) in [6, 6.07) is -5.12. The Morgan fingerprint density at radius 1 is 0.632 bits per heavy atom. The SMILES string of the molecule is CC(C)CC(NC(=O)C(N)CCC(=O)O)C(=O)NC(CC(C)C)C(=O)NC(CC(=O)O)C(=O)NCC(=O)O. The molecule has 0 aliphatic carbocycles. The second-order valence-electron chi connectivity index (χ2n) is 9.69. The van der Waals surface area contributed by atoms with Gasteiger partial charge < -0.3 is 42.3 Å². The van der Waals surface area contributed by atoms with Crippen LogP contribution in [0.2, 0.25) is 0 Å². The highest BCUT2D eigenvalue weighted by molar-refractivity contribution is 5.96. The van der Waals surface area contributed by atoms with Gasteiger partial charge in [-0.25, -0.2) is 0 Å². The number of aliphatic carboxylic acids is 3. The van der Waals surface area contributed by atoms with Crippen molar-refractivity contribution in [3.63, 3.8) is 0 Å². The van der Waals surface area contributed by atoms with Crippen molar-refractivity contribution < 1.29 is 48.9 Å². The lowest BCUT2D eigenvalue weighted by molar-refractivity contribution is -0.142. The Bertz CT molecular complexity index is 877. The van der Waals surface area contributed by atoms with Gasteiger partial charge in [-0.2, -0.15) is 0 Å². The molecule has 0 spiro atoms. The first-order valence-electron chi connectivity index (χ1n) is 12.1. The second kappa shape index (κ2) is 16.9. The van der Waals surface area contributed by atoms with Gasteiger partial charge in [0.15, 0.2) is 0 Å². The molecule has 0 rings (SSSR count). The van der Waals surface area contributed by atoms with Crippen molar-refractivity contribution >= 4 is 41.5 Å². The first kappa shape index (κ1) is 34.2. The Hall–Kier alpha value is -3.75. The minimum atomic E-state index is -1.61. The van der Waals surface area contributed by atoms with Crippen LogP contribution in [0.5, 0.6) is 0 Å². The number of nitrogens with two attached hydrogens (primary N) is 1. The van der Waals surface area contributed by atoms with E-state index in [0.717, 1.165) is 0 Å². The van der Waals surface area contributed by atoms with Crippen LogP contribution in [0.25, 0.3) is 0 Å². The van der Waals surface area contributed by atoms with E-state index in [9.17, 15) is 33.6 Å². The number of amides is 4. The molecule has 4 atom stereocenters. The maximum atomic E-state index is 13.1. The van der Waals surface area contributed by atoms with Gasteiger partial charge in [-0.15, -0.1) is 0 Å². The number of carboxylic acid groups (broad SMARTS) is 3. The molecule has 0 aromatic rings. The fourth-order valence-corrected chi connectivity index (χ4v) is 3.31. The highest BCUT2D eigenvalue weighted by atomic mass is 16.4. The summed E-state index contributed by atoms with van der Waals surface area (Å²) in [5.41, 5.74) is 5.73. The van der Waals surface area contributed by atoms with Gasteiger partial charge in [0.2, 0.25) is 23.6 Å². The first-order chi connectivity index (χ1) is 17.5. The Labute approximate surface area is 220 Å². The average molecular weight is 546 g/mol. The minimum absolute atomic E-state index is 0.0726. The van der Waals surface area contributed by atoms with Gasteiger partial charge >= 0.3 is 17.9 Å². The maximum Gasteiger partial charge on any atom is 0.322 e. The zero-order chi connectivity index (χ0) is 29.6. The summed E-state index contributed by atoms with van der Waals surface area (Å²) in [4.78, 5) is 83.5. The Morgan fingerprint density at radius 2 is 1.08 bits per heavy atom. The molecule has 4 amide bonds. The molecule has 9 N–H and O–H groups in total. The average Bonchev–Trinajstić information content (AvgIpc) is 2.78. The molecule has 0 bridgehead atoms. The van der Waals surface area contributed by atoms with Crippen molar-refractivity contribution in [2.75, 3.05) is 6.54 Å². The number of carbonyl (C=O) groups is 7. The molecule has 38 heavy (non-hydrogen) atoms. The monoisotopic (exact) mass is 545 g/mol. The zero-order valence-electron chi connectivity index (χ0n) is 22.0. The van der Waals surface area contributed by atoms with Gasteiger partial charge in [0.1, 0.15) is 24.7 Å². The van der Waals surface area contributed by atoms with E-state index >= 15 is 0 Å². The quantitative estimate of drug-likeness (QED) is 0.0973. The lowest BCUT2D eigenvalue weighted by Crippen LogP contribution is -2.58. The van der Waals surface area contributed by atoms with E-state index in [2.05, 4.69) is 16.0 Å². The molecule has 0 radical (unpaired) electrons. The molecule has 0 aliphatic heterocycles. The molecule has 0 heterocycles. The summed E-state index contributed by atoms with van der Waals surface area (Å²) >= 11 is 0. The van der Waals surface area contributed by atoms with E-state index in [0.29, 0.717) is 0 Å². The van der Waals surface area contributed by atoms with Gasteiger partial charge in [-0.1, -0.05) is 27.7 Å². The van der Waals surface area contributed by atoms with E-state index in [1.165, 1.54) is 0 Å². The summed E-state index contributed by atoms with van der Waals surface area (Å²) in [7, 11) is 0. The lowest BCUT2D eigenvalue weighted by Gasteiger charge is -2.27. The van der Waals surface area contributed by atoms with Gasteiger partial charge in [0.05, 0.1) is 12.5 Å². The molecular formula is C23H39N5O10. The highest BCUT2D eigenvalue weighted by Gasteiger charge is 2.32. The summed E-state index contributed by atoms with van der Waals surface area (Å²) in [5.74, 6) is -7.52. The molecule has 0 aromatic carbocycles. The van der Waals surface area contributed by atoms with Crippen molar-refractivity contribution in [1.82, 2.24) is 21.3 Å². The number of hydrogen-bond acceptors (Lipinski definition) is 8. The third kappa shape index (κ3) is 14.7. The van der Waals surface area contributed by atoms with E-state index in [1.807, 2.05) is 5.32 Å². The topological polar surface area (TPSA) is 254 Å². The predicted octanol–water partition coefficient (Wildman–Crippen LogP) is -1.60. The van der Waals surface area contributed by atoms with E-state index in [4.69, 9.17) is 21.1 Å². The van der Waals surface area contributed by atoms with Crippen LogP contribution in [-0.4, -0.2) is 87.6 Å². The summed E-state index contributed by atoms with van der Waals surface area (Å²) in [5, 5.41) is 35.9. The van der Waals surface area contributed by atoms with Gasteiger partial charge in [-0.3, -0.25) is 33.6 Å². The Kier molecular flexibility index (Phi) is 15.2. The van der Waals surface area contributed by atoms with Crippen LogP contribution >= 0.6 is 0 Å². The molecule has 0 aromatic heterocycles. The lowest BCUT2D eigenvalue weighted by atomic mass is 9.99. The standard InChI is InChI=1S/C23H39N5O10/c1-11(2)7-14(26-20(35)13(24)5-6-17(29)30)22(37)27-15(8-12(3)4)23(38)28-16(9-18(31)32)21(36)25-10-19(33)34/h11-16H,5-10,24H2,1-4H3,(H,25,36)(H,26,35)(H,27,37)(H,28,38)(H,29,30)(H,31,32)(H,33,34). The molecule has 0 aliphatic rings. The third-order valence-electron chi connectivity index (χ3n) is 5.11. The zero-order valence-corrected chi connectivity index (χ0v) is 22.0. The van der Waals surface area contributed by atoms with Crippen LogP contribution in [0, 0.1) is 11.8 Å². The van der Waals surface area contributed by atoms with Crippen LogP contribution in [0.4, 0.5) is 0 Å². The fourth-order valence-electron chi connectivity index (χ4n) is 3.31. The molecular weight excluding hydrogens is 506 g/mol. The van der Waals surface area contributed by atoms with Crippen LogP contribution < -0.4 is 27.0 Å². The van der Waals surface area contributed by atoms with Crippen molar-refractivity contribution in [2.45, 2.75) is 84.0 Å². The summed E-state index contributed by atoms with van der Waals surface area (Å²) in [6.45, 7) is 6.32. The molecule has 15 heteroatoms. The molecule has 216 valence electrons. The number of carboxylic acids is 3. The second-order valence-corrected chi connectivity index (χ2v) is 9.69. The Morgan fingerprint density at radius 3 is 1.47 bits per heavy atom. The fraction of sp³-hybridized carbons (Fsp3) is 0.696. The largest absolute Gasteiger partial charge is 0.481 e. The molecule has 0 saturated carbocycles. The summed E-state index contributed by atoms with van der Waals surface area (Å²) in [6.07, 6.45) is -1.07. The normalized spacial score (nSPS) is 14.1. The third-order valence-corrected chi connectivity index (χ3v) is 5.11. The number of nitrogens with one attached hydrogen (secondary N) is 4. The van der Waals surface area contributed by atoms with Gasteiger partial charge in [0.25, 0.3) is 0 Å². The van der Waals surface area contributed by atoms with Crippen molar-refractivity contribution in [3.05, 3.63) is 0 Å². The van der Waals surface area contributed by atoms with Crippen molar-refractivity contribution in [3.8, 4) is 0 Å². The highest BCUT2D eigenvalue weighted by Crippen LogP contribution is 2.10. The molecule has 0 fully saturated rings. The van der Waals surface area contributed by atoms with E-state index in [1.54, 1.807) is 27.7 Å². The predicted molar refractivity (Wildman–Crippen MR) is 132 cm³/mol. The number of carbonyl (C=O) groups excluding carboxylic acids is 4. The van der Waals surface area contributed by atoms with Crippen LogP contribution in [0.3, 0.4) is 0 Å². The number of rotatable bonds is 18. The van der Waals surface area contributed by atoms with E-state index < -0.39 is 78.7 Å². The van der Waals surface area contributed by atoms with Crippen LogP contribution in [-0.2, 0) is 33.6 Å². The molecule has 0 saturated heterocycles. The Balaban J connectivity index is 5.66. The minimum Gasteiger partial charge on any atom is -0.481 e. The number of hydrogen-bond donors (Lipinski definition) is 8. The van der Waals surface area contributed by atoms with Gasteiger partial charge in [0, 0.05) is 6.42 Å². The van der Waals surface area contributed by atoms with E-state index in [-0.39, 0.29) is 37.5 Å². The first-order valence-corrected chi connectivity index (χ1v) is 12.1.